The first-order valence-electron chi connectivity index (χ1n) is 7.09. The summed E-state index contributed by atoms with van der Waals surface area (Å²) in [4.78, 5) is 10.7. The zero-order valence-electron chi connectivity index (χ0n) is 13.2. The van der Waals surface area contributed by atoms with Crippen LogP contribution >= 0.6 is 11.6 Å². The van der Waals surface area contributed by atoms with Gasteiger partial charge in [0.15, 0.2) is 5.75 Å². The van der Waals surface area contributed by atoms with Crippen LogP contribution in [0, 0.1) is 10.1 Å². The molecular formula is C16H16ClN3O4. The van der Waals surface area contributed by atoms with Gasteiger partial charge in [0.2, 0.25) is 5.75 Å². The number of hydrogen-bond acceptors (Lipinski definition) is 6. The molecule has 2 rings (SSSR count). The van der Waals surface area contributed by atoms with Crippen molar-refractivity contribution in [3.63, 3.8) is 0 Å². The van der Waals surface area contributed by atoms with Crippen LogP contribution in [0.15, 0.2) is 41.5 Å². The monoisotopic (exact) mass is 349 g/mol. The molecule has 1 N–H and O–H groups in total. The van der Waals surface area contributed by atoms with Crippen LogP contribution in [0.1, 0.15) is 12.5 Å². The third kappa shape index (κ3) is 4.36. The third-order valence-corrected chi connectivity index (χ3v) is 3.23. The Balaban J connectivity index is 2.29. The molecule has 0 heterocycles. The van der Waals surface area contributed by atoms with Gasteiger partial charge in [-0.1, -0.05) is 17.7 Å². The number of ether oxygens (including phenoxy) is 2. The van der Waals surface area contributed by atoms with Gasteiger partial charge in [0.1, 0.15) is 0 Å². The lowest BCUT2D eigenvalue weighted by Crippen LogP contribution is -2.01. The molecule has 7 nitrogen and oxygen atoms in total. The number of halogens is 1. The van der Waals surface area contributed by atoms with E-state index in [0.717, 1.165) is 0 Å². The van der Waals surface area contributed by atoms with Gasteiger partial charge in [-0.15, -0.1) is 0 Å². The number of nitro benzene ring substituents is 1. The lowest BCUT2D eigenvalue weighted by atomic mass is 10.2. The van der Waals surface area contributed by atoms with Gasteiger partial charge in [0.05, 0.1) is 30.5 Å². The second-order valence-corrected chi connectivity index (χ2v) is 5.08. The van der Waals surface area contributed by atoms with Gasteiger partial charge in [0, 0.05) is 16.7 Å². The van der Waals surface area contributed by atoms with E-state index in [9.17, 15) is 10.1 Å². The fourth-order valence-corrected chi connectivity index (χ4v) is 2.22. The molecule has 0 fully saturated rings. The molecule has 0 atom stereocenters. The van der Waals surface area contributed by atoms with E-state index in [2.05, 4.69) is 10.5 Å². The molecule has 2 aromatic carbocycles. The molecule has 0 unspecified atom stereocenters. The molecule has 24 heavy (non-hydrogen) atoms. The quantitative estimate of drug-likeness (QED) is 0.462. The molecule has 0 bridgehead atoms. The highest BCUT2D eigenvalue weighted by atomic mass is 35.5. The molecule has 0 aliphatic carbocycles. The van der Waals surface area contributed by atoms with Crippen LogP contribution in [0.3, 0.4) is 0 Å². The van der Waals surface area contributed by atoms with Crippen molar-refractivity contribution in [1.82, 2.24) is 0 Å². The largest absolute Gasteiger partial charge is 0.490 e. The van der Waals surface area contributed by atoms with Crippen LogP contribution in [-0.2, 0) is 0 Å². The molecule has 0 saturated heterocycles. The summed E-state index contributed by atoms with van der Waals surface area (Å²) in [7, 11) is 1.36. The molecular weight excluding hydrogens is 334 g/mol. The van der Waals surface area contributed by atoms with Crippen LogP contribution in [0.2, 0.25) is 5.02 Å². The van der Waals surface area contributed by atoms with Crippen molar-refractivity contribution in [2.24, 2.45) is 5.10 Å². The van der Waals surface area contributed by atoms with Crippen molar-refractivity contribution in [1.29, 1.82) is 0 Å². The Morgan fingerprint density at radius 2 is 2.17 bits per heavy atom. The number of anilines is 1. The summed E-state index contributed by atoms with van der Waals surface area (Å²) in [6.07, 6.45) is 1.45. The number of hydrogen-bond donors (Lipinski definition) is 1. The van der Waals surface area contributed by atoms with E-state index < -0.39 is 4.92 Å². The van der Waals surface area contributed by atoms with E-state index in [0.29, 0.717) is 28.6 Å². The minimum absolute atomic E-state index is 0.0850. The van der Waals surface area contributed by atoms with Crippen molar-refractivity contribution < 1.29 is 14.4 Å². The zero-order chi connectivity index (χ0) is 17.5. The lowest BCUT2D eigenvalue weighted by molar-refractivity contribution is -0.385. The van der Waals surface area contributed by atoms with Crippen LogP contribution in [0.25, 0.3) is 0 Å². The highest BCUT2D eigenvalue weighted by Crippen LogP contribution is 2.37. The summed E-state index contributed by atoms with van der Waals surface area (Å²) in [5.74, 6) is 0.375. The molecule has 0 spiro atoms. The summed E-state index contributed by atoms with van der Waals surface area (Å²) in [5, 5.41) is 15.9. The van der Waals surface area contributed by atoms with E-state index in [-0.39, 0.29) is 11.4 Å². The minimum atomic E-state index is -0.525. The fourth-order valence-electron chi connectivity index (χ4n) is 2.03. The fraction of sp³-hybridized carbons (Fsp3) is 0.188. The van der Waals surface area contributed by atoms with Gasteiger partial charge < -0.3 is 9.47 Å². The van der Waals surface area contributed by atoms with Crippen molar-refractivity contribution in [3.05, 3.63) is 57.1 Å². The van der Waals surface area contributed by atoms with E-state index in [1.165, 1.54) is 19.4 Å². The average Bonchev–Trinajstić information content (AvgIpc) is 2.55. The number of hydrazone groups is 1. The van der Waals surface area contributed by atoms with Crippen molar-refractivity contribution in [2.45, 2.75) is 6.92 Å². The predicted octanol–water partition coefficient (Wildman–Crippen LogP) is 4.10. The minimum Gasteiger partial charge on any atom is -0.490 e. The summed E-state index contributed by atoms with van der Waals surface area (Å²) in [6, 6.07) is 10.0. The summed E-state index contributed by atoms with van der Waals surface area (Å²) in [5.41, 5.74) is 3.82. The molecule has 0 aliphatic heterocycles. The Hall–Kier alpha value is -2.80. The zero-order valence-corrected chi connectivity index (χ0v) is 13.9. The smallest absolute Gasteiger partial charge is 0.315 e. The van der Waals surface area contributed by atoms with Crippen molar-refractivity contribution >= 4 is 29.2 Å². The molecule has 0 aromatic heterocycles. The maximum atomic E-state index is 11.2. The Kier molecular flexibility index (Phi) is 5.97. The first-order valence-corrected chi connectivity index (χ1v) is 7.46. The number of benzene rings is 2. The molecule has 0 amide bonds. The van der Waals surface area contributed by atoms with Crippen LogP contribution < -0.4 is 14.9 Å². The number of rotatable bonds is 7. The van der Waals surface area contributed by atoms with Gasteiger partial charge in [-0.05, 0) is 31.2 Å². The van der Waals surface area contributed by atoms with Gasteiger partial charge >= 0.3 is 5.69 Å². The van der Waals surface area contributed by atoms with E-state index >= 15 is 0 Å². The standard InChI is InChI=1S/C16H16ClN3O4/c1-3-24-15-8-11(7-14(20(21)22)16(15)23-2)10-18-19-13-6-4-5-12(17)9-13/h4-10,19H,3H2,1-2H3. The number of nitrogens with one attached hydrogen (secondary N) is 1. The van der Waals surface area contributed by atoms with E-state index in [1.54, 1.807) is 37.3 Å². The molecule has 126 valence electrons. The topological polar surface area (TPSA) is 86.0 Å². The van der Waals surface area contributed by atoms with Crippen molar-refractivity contribution in [2.75, 3.05) is 19.1 Å². The first kappa shape index (κ1) is 17.6. The van der Waals surface area contributed by atoms with Crippen LogP contribution in [0.5, 0.6) is 11.5 Å². The molecule has 8 heteroatoms. The Morgan fingerprint density at radius 3 is 2.79 bits per heavy atom. The average molecular weight is 350 g/mol. The molecule has 2 aromatic rings. The lowest BCUT2D eigenvalue weighted by Gasteiger charge is -2.10. The Morgan fingerprint density at radius 1 is 1.38 bits per heavy atom. The second kappa shape index (κ2) is 8.16. The van der Waals surface area contributed by atoms with Crippen molar-refractivity contribution in [3.8, 4) is 11.5 Å². The second-order valence-electron chi connectivity index (χ2n) is 4.64. The predicted molar refractivity (Wildman–Crippen MR) is 93.5 cm³/mol. The highest BCUT2D eigenvalue weighted by molar-refractivity contribution is 6.30. The number of nitro groups is 1. The van der Waals surface area contributed by atoms with E-state index in [4.69, 9.17) is 21.1 Å². The highest BCUT2D eigenvalue weighted by Gasteiger charge is 2.21. The number of methoxy groups -OCH3 is 1. The summed E-state index contributed by atoms with van der Waals surface area (Å²) in [6.45, 7) is 2.14. The number of nitrogens with zero attached hydrogens (tertiary/aromatic N) is 2. The van der Waals surface area contributed by atoms with Gasteiger partial charge in [-0.25, -0.2) is 0 Å². The maximum Gasteiger partial charge on any atom is 0.315 e. The van der Waals surface area contributed by atoms with Crippen LogP contribution in [0.4, 0.5) is 11.4 Å². The summed E-state index contributed by atoms with van der Waals surface area (Å²) < 4.78 is 10.5. The van der Waals surface area contributed by atoms with Gasteiger partial charge in [-0.2, -0.15) is 5.10 Å². The maximum absolute atomic E-state index is 11.2. The summed E-state index contributed by atoms with van der Waals surface area (Å²) >= 11 is 5.89. The van der Waals surface area contributed by atoms with Gasteiger partial charge in [-0.3, -0.25) is 15.5 Å². The molecule has 0 radical (unpaired) electrons. The van der Waals surface area contributed by atoms with Gasteiger partial charge in [0.25, 0.3) is 0 Å². The molecule has 0 aliphatic rings. The first-order chi connectivity index (χ1) is 11.5. The normalized spacial score (nSPS) is 10.6. The Bertz CT molecular complexity index is 765. The molecule has 0 saturated carbocycles. The van der Waals surface area contributed by atoms with Crippen LogP contribution in [-0.4, -0.2) is 24.9 Å². The van der Waals surface area contributed by atoms with E-state index in [1.807, 2.05) is 0 Å². The SMILES string of the molecule is CCOc1cc(C=NNc2cccc(Cl)c2)cc([N+](=O)[O-])c1OC. The third-order valence-electron chi connectivity index (χ3n) is 2.99. The Labute approximate surface area is 144 Å².